The van der Waals surface area contributed by atoms with Crippen LogP contribution in [0.4, 0.5) is 0 Å². The van der Waals surface area contributed by atoms with Crippen LogP contribution in [-0.4, -0.2) is 28.0 Å². The molecule has 0 radical (unpaired) electrons. The van der Waals surface area contributed by atoms with E-state index in [0.29, 0.717) is 6.54 Å². The maximum atomic E-state index is 13.2. The number of thiophene rings is 2. The van der Waals surface area contributed by atoms with Gasteiger partial charge >= 0.3 is 0 Å². The quantitative estimate of drug-likeness (QED) is 0.349. The monoisotopic (exact) mass is 390 g/mol. The van der Waals surface area contributed by atoms with Crippen molar-refractivity contribution < 1.29 is 4.74 Å². The molecular formula is C18H18N2O2S3. The van der Waals surface area contributed by atoms with E-state index in [9.17, 15) is 4.79 Å². The van der Waals surface area contributed by atoms with Gasteiger partial charge in [0.25, 0.3) is 5.56 Å². The smallest absolute Gasteiger partial charge is 0.263 e. The fraction of sp³-hybridized carbons (Fsp3) is 0.333. The number of ether oxygens (including phenoxy) is 1. The predicted molar refractivity (Wildman–Crippen MR) is 107 cm³/mol. The summed E-state index contributed by atoms with van der Waals surface area (Å²) in [5.41, 5.74) is 1.00. The highest BCUT2D eigenvalue weighted by Gasteiger charge is 2.20. The molecule has 1 aliphatic rings. The zero-order valence-corrected chi connectivity index (χ0v) is 16.1. The molecule has 0 bridgehead atoms. The highest BCUT2D eigenvalue weighted by Crippen LogP contribution is 2.34. The van der Waals surface area contributed by atoms with Gasteiger partial charge in [0.1, 0.15) is 4.83 Å². The summed E-state index contributed by atoms with van der Waals surface area (Å²) in [6.45, 7) is 5.11. The fourth-order valence-electron chi connectivity index (χ4n) is 2.96. The summed E-state index contributed by atoms with van der Waals surface area (Å²) in [6.07, 6.45) is 4.22. The van der Waals surface area contributed by atoms with E-state index < -0.39 is 0 Å². The number of aromatic nitrogens is 2. The first-order valence-electron chi connectivity index (χ1n) is 8.19. The number of nitrogens with zero attached hydrogens (tertiary/aromatic N) is 2. The lowest BCUT2D eigenvalue weighted by molar-refractivity contribution is 0.129. The molecule has 0 aromatic carbocycles. The van der Waals surface area contributed by atoms with E-state index in [0.717, 1.165) is 51.0 Å². The fourth-order valence-corrected chi connectivity index (χ4v) is 5.84. The first-order chi connectivity index (χ1) is 12.3. The molecular weight excluding hydrogens is 372 g/mol. The molecule has 0 aliphatic carbocycles. The van der Waals surface area contributed by atoms with Crippen LogP contribution < -0.4 is 5.56 Å². The van der Waals surface area contributed by atoms with Crippen LogP contribution in [0.15, 0.2) is 45.5 Å². The van der Waals surface area contributed by atoms with E-state index in [4.69, 9.17) is 9.72 Å². The lowest BCUT2D eigenvalue weighted by Crippen LogP contribution is -2.23. The van der Waals surface area contributed by atoms with Gasteiger partial charge in [-0.05, 0) is 24.3 Å². The van der Waals surface area contributed by atoms with E-state index in [2.05, 4.69) is 6.58 Å². The third-order valence-corrected chi connectivity index (χ3v) is 7.06. The van der Waals surface area contributed by atoms with Crippen LogP contribution in [0, 0.1) is 0 Å². The molecule has 1 unspecified atom stereocenters. The normalized spacial score (nSPS) is 17.4. The predicted octanol–water partition coefficient (Wildman–Crippen LogP) is 4.64. The molecule has 0 N–H and O–H groups in total. The van der Waals surface area contributed by atoms with Gasteiger partial charge in [0.2, 0.25) is 0 Å². The molecule has 0 spiro atoms. The molecule has 4 rings (SSSR count). The van der Waals surface area contributed by atoms with Crippen LogP contribution in [0.3, 0.4) is 0 Å². The van der Waals surface area contributed by atoms with E-state index in [1.807, 2.05) is 22.9 Å². The molecule has 1 atom stereocenters. The Kier molecular flexibility index (Phi) is 5.08. The molecule has 7 heteroatoms. The zero-order chi connectivity index (χ0) is 17.2. The van der Waals surface area contributed by atoms with Crippen molar-refractivity contribution in [1.82, 2.24) is 9.55 Å². The Hall–Kier alpha value is -1.41. The summed E-state index contributed by atoms with van der Waals surface area (Å²) >= 11 is 4.79. The molecule has 3 aromatic heterocycles. The summed E-state index contributed by atoms with van der Waals surface area (Å²) in [6, 6.07) is 4.05. The summed E-state index contributed by atoms with van der Waals surface area (Å²) in [4.78, 5) is 19.9. The van der Waals surface area contributed by atoms with Gasteiger partial charge in [0.15, 0.2) is 5.16 Å². The van der Waals surface area contributed by atoms with Crippen molar-refractivity contribution in [2.24, 2.45) is 0 Å². The van der Waals surface area contributed by atoms with Gasteiger partial charge < -0.3 is 4.74 Å². The molecule has 4 nitrogen and oxygen atoms in total. The minimum atomic E-state index is 0.0180. The maximum absolute atomic E-state index is 13.2. The van der Waals surface area contributed by atoms with E-state index in [1.54, 1.807) is 33.7 Å². The standard InChI is InChI=1S/C18H18N2O2S3/c1-2-7-20-17(21)15-13(14-6-4-9-23-14)11-24-16(15)19-18(20)25-10-12-5-3-8-22-12/h2,4,6,9,11-12H,1,3,5,7-8,10H2. The van der Waals surface area contributed by atoms with Crippen LogP contribution in [0.1, 0.15) is 12.8 Å². The molecule has 25 heavy (non-hydrogen) atoms. The molecule has 1 saturated heterocycles. The lowest BCUT2D eigenvalue weighted by Gasteiger charge is -2.12. The average Bonchev–Trinajstić information content (AvgIpc) is 3.36. The van der Waals surface area contributed by atoms with Gasteiger partial charge in [-0.3, -0.25) is 9.36 Å². The minimum absolute atomic E-state index is 0.0180. The highest BCUT2D eigenvalue weighted by molar-refractivity contribution is 7.99. The molecule has 1 fully saturated rings. The Morgan fingerprint density at radius 1 is 1.48 bits per heavy atom. The van der Waals surface area contributed by atoms with Crippen LogP contribution in [0.2, 0.25) is 0 Å². The Balaban J connectivity index is 1.76. The van der Waals surface area contributed by atoms with Crippen molar-refractivity contribution in [2.45, 2.75) is 30.6 Å². The van der Waals surface area contributed by atoms with Crippen molar-refractivity contribution in [1.29, 1.82) is 0 Å². The largest absolute Gasteiger partial charge is 0.377 e. The van der Waals surface area contributed by atoms with Crippen molar-refractivity contribution in [3.63, 3.8) is 0 Å². The van der Waals surface area contributed by atoms with Crippen molar-refractivity contribution in [3.05, 3.63) is 45.9 Å². The third-order valence-electron chi connectivity index (χ3n) is 4.18. The van der Waals surface area contributed by atoms with Gasteiger partial charge in [-0.1, -0.05) is 23.9 Å². The topological polar surface area (TPSA) is 44.1 Å². The molecule has 130 valence electrons. The van der Waals surface area contributed by atoms with Crippen molar-refractivity contribution in [3.8, 4) is 10.4 Å². The second-order valence-corrected chi connectivity index (χ2v) is 8.64. The Morgan fingerprint density at radius 2 is 2.40 bits per heavy atom. The van der Waals surface area contributed by atoms with E-state index >= 15 is 0 Å². The molecule has 0 amide bonds. The van der Waals surface area contributed by atoms with Gasteiger partial charge in [0, 0.05) is 34.7 Å². The number of rotatable bonds is 6. The number of hydrogen-bond acceptors (Lipinski definition) is 6. The number of fused-ring (bicyclic) bond motifs is 1. The van der Waals surface area contributed by atoms with Gasteiger partial charge in [-0.15, -0.1) is 29.3 Å². The molecule has 3 aromatic rings. The Morgan fingerprint density at radius 3 is 3.12 bits per heavy atom. The van der Waals surface area contributed by atoms with Crippen LogP contribution in [0.25, 0.3) is 20.7 Å². The summed E-state index contributed by atoms with van der Waals surface area (Å²) in [5.74, 6) is 0.832. The lowest BCUT2D eigenvalue weighted by atomic mass is 10.2. The minimum Gasteiger partial charge on any atom is -0.377 e. The molecule has 1 aliphatic heterocycles. The SMILES string of the molecule is C=CCn1c(SCC2CCCO2)nc2scc(-c3cccs3)c2c1=O. The Bertz CT molecular complexity index is 937. The second-order valence-electron chi connectivity index (χ2n) is 5.85. The number of hydrogen-bond donors (Lipinski definition) is 0. The van der Waals surface area contributed by atoms with Gasteiger partial charge in [0.05, 0.1) is 11.5 Å². The van der Waals surface area contributed by atoms with Gasteiger partial charge in [-0.25, -0.2) is 4.98 Å². The summed E-state index contributed by atoms with van der Waals surface area (Å²) in [5, 5.41) is 5.54. The molecule has 4 heterocycles. The third kappa shape index (κ3) is 3.33. The zero-order valence-electron chi connectivity index (χ0n) is 13.6. The van der Waals surface area contributed by atoms with Crippen LogP contribution in [0.5, 0.6) is 0 Å². The number of allylic oxidation sites excluding steroid dienone is 1. The first-order valence-corrected chi connectivity index (χ1v) is 10.9. The van der Waals surface area contributed by atoms with E-state index in [-0.39, 0.29) is 11.7 Å². The van der Waals surface area contributed by atoms with Crippen LogP contribution >= 0.6 is 34.4 Å². The Labute approximate surface area is 158 Å². The second kappa shape index (κ2) is 7.45. The number of thioether (sulfide) groups is 1. The first kappa shape index (κ1) is 17.0. The maximum Gasteiger partial charge on any atom is 0.263 e. The molecule has 0 saturated carbocycles. The average molecular weight is 391 g/mol. The summed E-state index contributed by atoms with van der Waals surface area (Å²) < 4.78 is 7.43. The van der Waals surface area contributed by atoms with Crippen molar-refractivity contribution >= 4 is 44.7 Å². The van der Waals surface area contributed by atoms with E-state index in [1.165, 1.54) is 11.3 Å². The highest BCUT2D eigenvalue weighted by atomic mass is 32.2. The van der Waals surface area contributed by atoms with Crippen LogP contribution in [-0.2, 0) is 11.3 Å². The van der Waals surface area contributed by atoms with Crippen molar-refractivity contribution in [2.75, 3.05) is 12.4 Å². The van der Waals surface area contributed by atoms with Gasteiger partial charge in [-0.2, -0.15) is 0 Å². The summed E-state index contributed by atoms with van der Waals surface area (Å²) in [7, 11) is 0.